The first-order valence-corrected chi connectivity index (χ1v) is 6.89. The van der Waals surface area contributed by atoms with Gasteiger partial charge in [0, 0.05) is 6.54 Å². The van der Waals surface area contributed by atoms with Crippen LogP contribution in [-0.4, -0.2) is 41.3 Å². The summed E-state index contributed by atoms with van der Waals surface area (Å²) in [5.41, 5.74) is 0.828. The van der Waals surface area contributed by atoms with E-state index in [2.05, 4.69) is 0 Å². The van der Waals surface area contributed by atoms with E-state index in [1.807, 2.05) is 30.3 Å². The van der Waals surface area contributed by atoms with Crippen LogP contribution in [0.15, 0.2) is 30.3 Å². The number of rotatable bonds is 4. The molecule has 1 fully saturated rings. The molecule has 1 N–H and O–H groups in total. The van der Waals surface area contributed by atoms with E-state index in [1.54, 1.807) is 0 Å². The second-order valence-electron chi connectivity index (χ2n) is 5.04. The van der Waals surface area contributed by atoms with Crippen molar-refractivity contribution >= 4 is 12.1 Å². The predicted octanol–water partition coefficient (Wildman–Crippen LogP) is 2.46. The second-order valence-corrected chi connectivity index (χ2v) is 5.04. The molecule has 0 radical (unpaired) electrons. The molecule has 1 amide bonds. The molecular weight excluding hydrogens is 277 g/mol. The van der Waals surface area contributed by atoms with Gasteiger partial charge in [-0.05, 0) is 18.4 Å². The molecule has 6 heteroatoms. The van der Waals surface area contributed by atoms with Crippen molar-refractivity contribution in [2.24, 2.45) is 5.92 Å². The van der Waals surface area contributed by atoms with Crippen LogP contribution in [0, 0.1) is 5.92 Å². The van der Waals surface area contributed by atoms with E-state index < -0.39 is 30.7 Å². The molecule has 114 valence electrons. The number of piperidine rings is 1. The Bertz CT molecular complexity index is 494. The molecule has 1 aromatic rings. The summed E-state index contributed by atoms with van der Waals surface area (Å²) in [7, 11) is 0. The topological polar surface area (TPSA) is 66.8 Å². The van der Waals surface area contributed by atoms with Crippen LogP contribution >= 0.6 is 0 Å². The van der Waals surface area contributed by atoms with Gasteiger partial charge in [0.15, 0.2) is 0 Å². The Labute approximate surface area is 122 Å². The van der Waals surface area contributed by atoms with Crippen LogP contribution in [0.5, 0.6) is 0 Å². The van der Waals surface area contributed by atoms with Crippen LogP contribution in [-0.2, 0) is 16.1 Å². The molecule has 21 heavy (non-hydrogen) atoms. The molecular formula is C15H18FNO4. The van der Waals surface area contributed by atoms with Gasteiger partial charge in [0.2, 0.25) is 0 Å². The number of hydrogen-bond acceptors (Lipinski definition) is 3. The fourth-order valence-corrected chi connectivity index (χ4v) is 2.56. The Morgan fingerprint density at radius 3 is 2.67 bits per heavy atom. The third-order valence-electron chi connectivity index (χ3n) is 3.69. The summed E-state index contributed by atoms with van der Waals surface area (Å²) < 4.78 is 18.3. The number of ether oxygens (including phenoxy) is 1. The monoisotopic (exact) mass is 295 g/mol. The van der Waals surface area contributed by atoms with Gasteiger partial charge in [-0.15, -0.1) is 0 Å². The van der Waals surface area contributed by atoms with Gasteiger partial charge < -0.3 is 14.7 Å². The molecule has 0 aliphatic carbocycles. The summed E-state index contributed by atoms with van der Waals surface area (Å²) in [5, 5.41) is 9.10. The summed E-state index contributed by atoms with van der Waals surface area (Å²) >= 11 is 0. The van der Waals surface area contributed by atoms with Crippen molar-refractivity contribution in [1.29, 1.82) is 0 Å². The number of amides is 1. The average Bonchev–Trinajstić information content (AvgIpc) is 2.52. The number of carboxylic acid groups (broad SMARTS) is 1. The van der Waals surface area contributed by atoms with Gasteiger partial charge in [-0.25, -0.2) is 9.18 Å². The zero-order valence-corrected chi connectivity index (χ0v) is 11.6. The highest BCUT2D eigenvalue weighted by molar-refractivity contribution is 5.74. The summed E-state index contributed by atoms with van der Waals surface area (Å²) in [6.07, 6.45) is 0.257. The first-order valence-electron chi connectivity index (χ1n) is 6.89. The molecule has 5 nitrogen and oxygen atoms in total. The second kappa shape index (κ2) is 7.06. The summed E-state index contributed by atoms with van der Waals surface area (Å²) in [5.74, 6) is -1.94. The Hall–Kier alpha value is -2.11. The first-order chi connectivity index (χ1) is 10.1. The van der Waals surface area contributed by atoms with Crippen LogP contribution in [0.25, 0.3) is 0 Å². The highest BCUT2D eigenvalue weighted by atomic mass is 19.1. The number of alkyl halides is 1. The predicted molar refractivity (Wildman–Crippen MR) is 73.5 cm³/mol. The van der Waals surface area contributed by atoms with Crippen molar-refractivity contribution in [2.45, 2.75) is 25.5 Å². The van der Waals surface area contributed by atoms with Gasteiger partial charge in [0.05, 0.1) is 12.0 Å². The van der Waals surface area contributed by atoms with Crippen LogP contribution in [0.2, 0.25) is 0 Å². The molecule has 0 aromatic heterocycles. The molecule has 0 saturated carbocycles. The Balaban J connectivity index is 1.98. The van der Waals surface area contributed by atoms with Crippen molar-refractivity contribution < 1.29 is 23.8 Å². The summed E-state index contributed by atoms with van der Waals surface area (Å²) in [4.78, 5) is 24.4. The van der Waals surface area contributed by atoms with Crippen molar-refractivity contribution in [3.63, 3.8) is 0 Å². The van der Waals surface area contributed by atoms with Gasteiger partial charge in [-0.2, -0.15) is 0 Å². The Morgan fingerprint density at radius 2 is 2.05 bits per heavy atom. The van der Waals surface area contributed by atoms with E-state index in [-0.39, 0.29) is 6.61 Å². The standard InChI is InChI=1S/C15H18FNO4/c16-9-13-12(14(18)19)7-4-8-17(13)15(20)21-10-11-5-2-1-3-6-11/h1-3,5-6,12-13H,4,7-10H2,(H,18,19)/t12-,13-/m0/s1. The summed E-state index contributed by atoms with van der Waals surface area (Å²) in [6.45, 7) is -0.462. The van der Waals surface area contributed by atoms with Gasteiger partial charge >= 0.3 is 12.1 Å². The first kappa shape index (κ1) is 15.3. The largest absolute Gasteiger partial charge is 0.481 e. The van der Waals surface area contributed by atoms with Crippen molar-refractivity contribution in [3.8, 4) is 0 Å². The maximum absolute atomic E-state index is 13.2. The van der Waals surface area contributed by atoms with E-state index in [1.165, 1.54) is 4.90 Å². The van der Waals surface area contributed by atoms with E-state index in [0.29, 0.717) is 19.4 Å². The van der Waals surface area contributed by atoms with E-state index in [0.717, 1.165) is 5.56 Å². The lowest BCUT2D eigenvalue weighted by molar-refractivity contribution is -0.145. The minimum Gasteiger partial charge on any atom is -0.481 e. The van der Waals surface area contributed by atoms with E-state index >= 15 is 0 Å². The number of likely N-dealkylation sites (tertiary alicyclic amines) is 1. The molecule has 1 aromatic carbocycles. The van der Waals surface area contributed by atoms with Crippen molar-refractivity contribution in [1.82, 2.24) is 4.90 Å². The lowest BCUT2D eigenvalue weighted by Crippen LogP contribution is -2.52. The maximum Gasteiger partial charge on any atom is 0.410 e. The zero-order chi connectivity index (χ0) is 15.2. The van der Waals surface area contributed by atoms with Crippen molar-refractivity contribution in [2.75, 3.05) is 13.2 Å². The maximum atomic E-state index is 13.2. The fraction of sp³-hybridized carbons (Fsp3) is 0.467. The molecule has 0 bridgehead atoms. The molecule has 2 atom stereocenters. The van der Waals surface area contributed by atoms with Crippen LogP contribution < -0.4 is 0 Å². The highest BCUT2D eigenvalue weighted by Gasteiger charge is 2.39. The molecule has 1 aliphatic heterocycles. The van der Waals surface area contributed by atoms with Crippen LogP contribution in [0.4, 0.5) is 9.18 Å². The number of carbonyl (C=O) groups is 2. The minimum atomic E-state index is -1.07. The smallest absolute Gasteiger partial charge is 0.410 e. The molecule has 0 unspecified atom stereocenters. The number of aliphatic carboxylic acids is 1. The van der Waals surface area contributed by atoms with Crippen LogP contribution in [0.3, 0.4) is 0 Å². The lowest BCUT2D eigenvalue weighted by Gasteiger charge is -2.37. The third-order valence-corrected chi connectivity index (χ3v) is 3.69. The Kier molecular flexibility index (Phi) is 5.14. The third kappa shape index (κ3) is 3.71. The molecule has 1 saturated heterocycles. The quantitative estimate of drug-likeness (QED) is 0.926. The van der Waals surface area contributed by atoms with Gasteiger partial charge in [0.25, 0.3) is 0 Å². The highest BCUT2D eigenvalue weighted by Crippen LogP contribution is 2.25. The fourth-order valence-electron chi connectivity index (χ4n) is 2.56. The molecule has 0 spiro atoms. The normalized spacial score (nSPS) is 21.9. The SMILES string of the molecule is O=C(O)[C@H]1CCCN(C(=O)OCc2ccccc2)[C@H]1CF. The number of halogens is 1. The number of hydrogen-bond donors (Lipinski definition) is 1. The average molecular weight is 295 g/mol. The van der Waals surface area contributed by atoms with Crippen molar-refractivity contribution in [3.05, 3.63) is 35.9 Å². The van der Waals surface area contributed by atoms with Gasteiger partial charge in [-0.1, -0.05) is 30.3 Å². The number of benzene rings is 1. The minimum absolute atomic E-state index is 0.0902. The summed E-state index contributed by atoms with van der Waals surface area (Å²) in [6, 6.07) is 8.20. The molecule has 2 rings (SSSR count). The van der Waals surface area contributed by atoms with E-state index in [4.69, 9.17) is 9.84 Å². The Morgan fingerprint density at radius 1 is 1.33 bits per heavy atom. The zero-order valence-electron chi connectivity index (χ0n) is 11.6. The lowest BCUT2D eigenvalue weighted by atomic mass is 9.90. The molecule has 1 aliphatic rings. The van der Waals surface area contributed by atoms with E-state index in [9.17, 15) is 14.0 Å². The number of nitrogens with zero attached hydrogens (tertiary/aromatic N) is 1. The van der Waals surface area contributed by atoms with Crippen LogP contribution in [0.1, 0.15) is 18.4 Å². The number of carbonyl (C=O) groups excluding carboxylic acids is 1. The van der Waals surface area contributed by atoms with Gasteiger partial charge in [-0.3, -0.25) is 4.79 Å². The number of carboxylic acids is 1. The molecule has 1 heterocycles. The van der Waals surface area contributed by atoms with Gasteiger partial charge in [0.1, 0.15) is 13.3 Å².